The SMILES string of the molecule is B[C@H]1O[C@@H](CC)[C@@H](O)C1OCCCCCCN1C(=O)c2ccccc2C1=O. The van der Waals surface area contributed by atoms with E-state index in [1.807, 2.05) is 14.8 Å². The molecule has 1 aromatic rings. The molecule has 146 valence electrons. The van der Waals surface area contributed by atoms with Crippen molar-refractivity contribution in [2.45, 2.75) is 63.3 Å². The summed E-state index contributed by atoms with van der Waals surface area (Å²) in [7, 11) is 1.94. The van der Waals surface area contributed by atoms with Crippen molar-refractivity contribution in [2.24, 2.45) is 0 Å². The van der Waals surface area contributed by atoms with Crippen LogP contribution in [0.25, 0.3) is 0 Å². The lowest BCUT2D eigenvalue weighted by Gasteiger charge is -2.19. The molecule has 1 unspecified atom stereocenters. The average molecular weight is 373 g/mol. The molecule has 0 radical (unpaired) electrons. The Hall–Kier alpha value is -1.70. The molecule has 1 fully saturated rings. The Bertz CT molecular complexity index is 647. The van der Waals surface area contributed by atoms with Crippen molar-refractivity contribution < 1.29 is 24.2 Å². The number of ether oxygens (including phenoxy) is 2. The van der Waals surface area contributed by atoms with E-state index in [1.165, 1.54) is 4.90 Å². The summed E-state index contributed by atoms with van der Waals surface area (Å²) < 4.78 is 11.5. The highest BCUT2D eigenvalue weighted by Gasteiger charge is 2.40. The van der Waals surface area contributed by atoms with Crippen LogP contribution in [0, 0.1) is 0 Å². The number of hydrogen-bond acceptors (Lipinski definition) is 5. The number of unbranched alkanes of at least 4 members (excludes halogenated alkanes) is 3. The molecule has 1 N–H and O–H groups in total. The van der Waals surface area contributed by atoms with Crippen molar-refractivity contribution in [1.82, 2.24) is 4.90 Å². The van der Waals surface area contributed by atoms with Gasteiger partial charge in [-0.25, -0.2) is 0 Å². The maximum absolute atomic E-state index is 12.3. The van der Waals surface area contributed by atoms with Gasteiger partial charge in [-0.15, -0.1) is 0 Å². The van der Waals surface area contributed by atoms with Gasteiger partial charge in [0, 0.05) is 13.2 Å². The fourth-order valence-electron chi connectivity index (χ4n) is 3.88. The summed E-state index contributed by atoms with van der Waals surface area (Å²) in [5, 5.41) is 10.2. The van der Waals surface area contributed by atoms with Crippen LogP contribution in [0.3, 0.4) is 0 Å². The third-order valence-electron chi connectivity index (χ3n) is 5.44. The van der Waals surface area contributed by atoms with Gasteiger partial charge in [-0.2, -0.15) is 0 Å². The van der Waals surface area contributed by atoms with Crippen LogP contribution < -0.4 is 0 Å². The number of imide groups is 1. The monoisotopic (exact) mass is 373 g/mol. The Morgan fingerprint density at radius 1 is 1.11 bits per heavy atom. The van der Waals surface area contributed by atoms with E-state index < -0.39 is 6.10 Å². The van der Waals surface area contributed by atoms with E-state index in [4.69, 9.17) is 9.47 Å². The van der Waals surface area contributed by atoms with Gasteiger partial charge in [0.1, 0.15) is 20.1 Å². The van der Waals surface area contributed by atoms with Crippen LogP contribution in [0.2, 0.25) is 0 Å². The van der Waals surface area contributed by atoms with E-state index in [9.17, 15) is 14.7 Å². The lowest BCUT2D eigenvalue weighted by Crippen LogP contribution is -2.35. The summed E-state index contributed by atoms with van der Waals surface area (Å²) in [5.41, 5.74) is 1.01. The van der Waals surface area contributed by atoms with Crippen LogP contribution in [0.15, 0.2) is 24.3 Å². The van der Waals surface area contributed by atoms with Crippen LogP contribution in [-0.2, 0) is 9.47 Å². The van der Waals surface area contributed by atoms with Crippen LogP contribution in [0.1, 0.15) is 59.7 Å². The van der Waals surface area contributed by atoms with Crippen molar-refractivity contribution in [3.63, 3.8) is 0 Å². The van der Waals surface area contributed by atoms with Gasteiger partial charge in [0.25, 0.3) is 11.8 Å². The molecular formula is C20H28BNO5. The van der Waals surface area contributed by atoms with Gasteiger partial charge >= 0.3 is 0 Å². The van der Waals surface area contributed by atoms with E-state index in [-0.39, 0.29) is 30.0 Å². The lowest BCUT2D eigenvalue weighted by molar-refractivity contribution is -0.0233. The Kier molecular flexibility index (Phi) is 6.68. The Balaban J connectivity index is 1.32. The number of rotatable bonds is 9. The number of hydrogen-bond donors (Lipinski definition) is 1. The molecule has 0 aliphatic carbocycles. The van der Waals surface area contributed by atoms with Crippen LogP contribution in [-0.4, -0.2) is 67.1 Å². The highest BCUT2D eigenvalue weighted by Crippen LogP contribution is 2.25. The third kappa shape index (κ3) is 4.26. The van der Waals surface area contributed by atoms with E-state index in [0.29, 0.717) is 24.3 Å². The van der Waals surface area contributed by atoms with E-state index >= 15 is 0 Å². The molecule has 6 nitrogen and oxygen atoms in total. The molecule has 0 bridgehead atoms. The predicted octanol–water partition coefficient (Wildman–Crippen LogP) is 1.36. The zero-order valence-electron chi connectivity index (χ0n) is 16.1. The molecule has 4 atom stereocenters. The van der Waals surface area contributed by atoms with Crippen LogP contribution >= 0.6 is 0 Å². The van der Waals surface area contributed by atoms with Crippen LogP contribution in [0.4, 0.5) is 0 Å². The molecule has 2 aliphatic rings. The smallest absolute Gasteiger partial charge is 0.261 e. The number of fused-ring (bicyclic) bond motifs is 1. The second-order valence-corrected chi connectivity index (χ2v) is 7.34. The normalized spacial score (nSPS) is 27.4. The minimum absolute atomic E-state index is 0.0845. The van der Waals surface area contributed by atoms with Gasteiger partial charge < -0.3 is 14.6 Å². The topological polar surface area (TPSA) is 76.1 Å². The molecular weight excluding hydrogens is 345 g/mol. The van der Waals surface area contributed by atoms with Gasteiger partial charge in [-0.3, -0.25) is 14.5 Å². The first-order chi connectivity index (χ1) is 13.0. The van der Waals surface area contributed by atoms with Gasteiger partial charge in [0.15, 0.2) is 0 Å². The molecule has 0 saturated carbocycles. The van der Waals surface area contributed by atoms with Crippen LogP contribution in [0.5, 0.6) is 0 Å². The van der Waals surface area contributed by atoms with Gasteiger partial charge in [0.05, 0.1) is 23.2 Å². The van der Waals surface area contributed by atoms with E-state index in [2.05, 4.69) is 0 Å². The predicted molar refractivity (Wildman–Crippen MR) is 104 cm³/mol. The fourth-order valence-corrected chi connectivity index (χ4v) is 3.88. The molecule has 1 saturated heterocycles. The number of aliphatic hydroxyl groups excluding tert-OH is 1. The maximum atomic E-state index is 12.3. The molecule has 0 aromatic heterocycles. The highest BCUT2D eigenvalue weighted by atomic mass is 16.6. The number of benzene rings is 1. The number of carbonyl (C=O) groups excluding carboxylic acids is 2. The summed E-state index contributed by atoms with van der Waals surface area (Å²) >= 11 is 0. The Labute approximate surface area is 161 Å². The highest BCUT2D eigenvalue weighted by molar-refractivity contribution is 6.21. The summed E-state index contributed by atoms with van der Waals surface area (Å²) in [6, 6.07) is 6.89. The molecule has 3 rings (SSSR count). The summed E-state index contributed by atoms with van der Waals surface area (Å²) in [6.45, 7) is 3.04. The molecule has 2 heterocycles. The van der Waals surface area contributed by atoms with Gasteiger partial charge in [-0.05, 0) is 31.4 Å². The standard InChI is InChI=1S/C20H28BNO5/c1-2-15-16(23)17(18(21)27-15)26-12-8-4-3-7-11-22-19(24)13-9-5-6-10-14(13)20(22)25/h5-6,9-10,15-18,23H,2-4,7-8,11-12,21H2,1H3/t15-,16+,17?,18-/m0/s1. The van der Waals surface area contributed by atoms with Crippen molar-refractivity contribution in [3.05, 3.63) is 35.4 Å². The van der Waals surface area contributed by atoms with Crippen molar-refractivity contribution in [1.29, 1.82) is 0 Å². The first kappa shape index (κ1) is 20.0. The molecule has 2 amide bonds. The second-order valence-electron chi connectivity index (χ2n) is 7.34. The number of aliphatic hydroxyl groups is 1. The Morgan fingerprint density at radius 3 is 2.33 bits per heavy atom. The lowest BCUT2D eigenvalue weighted by atomic mass is 9.92. The van der Waals surface area contributed by atoms with E-state index in [1.54, 1.807) is 24.3 Å². The quantitative estimate of drug-likeness (QED) is 0.402. The fraction of sp³-hybridized carbons (Fsp3) is 0.600. The van der Waals surface area contributed by atoms with Crippen molar-refractivity contribution >= 4 is 19.7 Å². The minimum Gasteiger partial charge on any atom is -0.388 e. The molecule has 1 aromatic carbocycles. The number of nitrogens with zero attached hydrogens (tertiary/aromatic N) is 1. The van der Waals surface area contributed by atoms with E-state index in [0.717, 1.165) is 32.1 Å². The zero-order chi connectivity index (χ0) is 19.4. The number of amides is 2. The first-order valence-corrected chi connectivity index (χ1v) is 9.95. The van der Waals surface area contributed by atoms with Crippen molar-refractivity contribution in [3.8, 4) is 0 Å². The first-order valence-electron chi connectivity index (χ1n) is 9.95. The molecule has 7 heteroatoms. The molecule has 2 aliphatic heterocycles. The number of carbonyl (C=O) groups is 2. The summed E-state index contributed by atoms with van der Waals surface area (Å²) in [4.78, 5) is 25.9. The second kappa shape index (κ2) is 9.00. The van der Waals surface area contributed by atoms with Gasteiger partial charge in [-0.1, -0.05) is 31.9 Å². The van der Waals surface area contributed by atoms with Crippen molar-refractivity contribution in [2.75, 3.05) is 13.2 Å². The molecule has 0 spiro atoms. The largest absolute Gasteiger partial charge is 0.388 e. The molecule has 27 heavy (non-hydrogen) atoms. The zero-order valence-corrected chi connectivity index (χ0v) is 16.1. The average Bonchev–Trinajstić information content (AvgIpc) is 3.09. The minimum atomic E-state index is -0.557. The summed E-state index contributed by atoms with van der Waals surface area (Å²) in [5.74, 6) is -0.373. The Morgan fingerprint density at radius 2 is 1.74 bits per heavy atom. The third-order valence-corrected chi connectivity index (χ3v) is 5.44. The summed E-state index contributed by atoms with van der Waals surface area (Å²) in [6.07, 6.45) is 3.38. The maximum Gasteiger partial charge on any atom is 0.261 e. The van der Waals surface area contributed by atoms with Gasteiger partial charge in [0.2, 0.25) is 0 Å².